The van der Waals surface area contributed by atoms with Gasteiger partial charge in [0.1, 0.15) is 5.58 Å². The van der Waals surface area contributed by atoms with E-state index in [1.807, 2.05) is 6.92 Å². The van der Waals surface area contributed by atoms with E-state index < -0.39 is 18.4 Å². The number of fused-ring (bicyclic) bond motifs is 1. The summed E-state index contributed by atoms with van der Waals surface area (Å²) in [7, 11) is 2.94. The van der Waals surface area contributed by atoms with Gasteiger partial charge in [-0.3, -0.25) is 9.59 Å². The molecule has 0 aliphatic carbocycles. The number of hydrogen-bond acceptors (Lipinski definition) is 7. The lowest BCUT2D eigenvalue weighted by Gasteiger charge is -2.09. The summed E-state index contributed by atoms with van der Waals surface area (Å²) in [5.74, 6) is -0.734. The van der Waals surface area contributed by atoms with Crippen LogP contribution in [-0.4, -0.2) is 32.6 Å². The summed E-state index contributed by atoms with van der Waals surface area (Å²) in [6, 6.07) is 10.7. The fourth-order valence-corrected chi connectivity index (χ4v) is 2.67. The Kier molecular flexibility index (Phi) is 5.44. The molecule has 0 bridgehead atoms. The van der Waals surface area contributed by atoms with Crippen molar-refractivity contribution in [3.8, 4) is 11.5 Å². The Morgan fingerprint density at radius 3 is 2.43 bits per heavy atom. The molecule has 0 unspecified atom stereocenters. The van der Waals surface area contributed by atoms with Gasteiger partial charge in [0.15, 0.2) is 29.3 Å². The minimum atomic E-state index is -0.895. The maximum Gasteiger partial charge on any atom is 0.374 e. The van der Waals surface area contributed by atoms with Gasteiger partial charge in [-0.05, 0) is 37.3 Å². The van der Waals surface area contributed by atoms with Crippen molar-refractivity contribution in [3.05, 3.63) is 69.6 Å². The summed E-state index contributed by atoms with van der Waals surface area (Å²) < 4.78 is 20.7. The highest BCUT2D eigenvalue weighted by Crippen LogP contribution is 2.27. The maximum absolute atomic E-state index is 12.3. The van der Waals surface area contributed by atoms with Crippen molar-refractivity contribution in [2.45, 2.75) is 6.92 Å². The number of methoxy groups -OCH3 is 2. The molecule has 0 atom stereocenters. The first-order valence-corrected chi connectivity index (χ1v) is 8.40. The molecule has 0 spiro atoms. The second-order valence-corrected chi connectivity index (χ2v) is 6.04. The lowest BCUT2D eigenvalue weighted by atomic mass is 10.1. The Labute approximate surface area is 160 Å². The molecule has 0 saturated carbocycles. The van der Waals surface area contributed by atoms with Gasteiger partial charge in [0.05, 0.1) is 19.6 Å². The molecule has 3 rings (SSSR count). The summed E-state index contributed by atoms with van der Waals surface area (Å²) in [4.78, 5) is 36.7. The molecule has 1 heterocycles. The minimum Gasteiger partial charge on any atom is -0.493 e. The van der Waals surface area contributed by atoms with Crippen LogP contribution in [0.1, 0.15) is 26.5 Å². The van der Waals surface area contributed by atoms with E-state index in [2.05, 4.69) is 0 Å². The Balaban J connectivity index is 1.75. The number of carbonyl (C=O) groups excluding carboxylic acids is 2. The van der Waals surface area contributed by atoms with Crippen LogP contribution < -0.4 is 14.9 Å². The number of rotatable bonds is 6. The van der Waals surface area contributed by atoms with Crippen LogP contribution in [0.15, 0.2) is 51.7 Å². The first-order valence-electron chi connectivity index (χ1n) is 8.40. The van der Waals surface area contributed by atoms with Crippen molar-refractivity contribution >= 4 is 22.7 Å². The van der Waals surface area contributed by atoms with Crippen molar-refractivity contribution < 1.29 is 28.2 Å². The summed E-state index contributed by atoms with van der Waals surface area (Å²) in [5, 5.41) is 0.373. The maximum atomic E-state index is 12.3. The zero-order valence-electron chi connectivity index (χ0n) is 15.6. The normalized spacial score (nSPS) is 10.5. The van der Waals surface area contributed by atoms with Crippen molar-refractivity contribution in [2.75, 3.05) is 20.8 Å². The lowest BCUT2D eigenvalue weighted by molar-refractivity contribution is 0.0444. The van der Waals surface area contributed by atoms with Gasteiger partial charge in [0.25, 0.3) is 0 Å². The average molecular weight is 382 g/mol. The Bertz CT molecular complexity index is 1110. The first kappa shape index (κ1) is 19.2. The molecule has 1 aromatic heterocycles. The van der Waals surface area contributed by atoms with Crippen LogP contribution in [0, 0.1) is 6.92 Å². The molecule has 144 valence electrons. The summed E-state index contributed by atoms with van der Waals surface area (Å²) >= 11 is 0. The summed E-state index contributed by atoms with van der Waals surface area (Å²) in [6.07, 6.45) is 0. The second kappa shape index (κ2) is 7.96. The van der Waals surface area contributed by atoms with Crippen molar-refractivity contribution in [1.29, 1.82) is 0 Å². The summed E-state index contributed by atoms with van der Waals surface area (Å²) in [5.41, 5.74) is 1.11. The predicted molar refractivity (Wildman–Crippen MR) is 101 cm³/mol. The molecule has 0 aliphatic rings. The number of ketones is 1. The summed E-state index contributed by atoms with van der Waals surface area (Å²) in [6.45, 7) is 1.34. The second-order valence-electron chi connectivity index (χ2n) is 6.04. The molecule has 0 amide bonds. The molecule has 0 aliphatic heterocycles. The number of esters is 1. The molecule has 7 heteroatoms. The molecular weight excluding hydrogens is 364 g/mol. The monoisotopic (exact) mass is 382 g/mol. The third-order valence-electron chi connectivity index (χ3n) is 4.12. The zero-order chi connectivity index (χ0) is 20.3. The topological polar surface area (TPSA) is 92.0 Å². The van der Waals surface area contributed by atoms with Crippen LogP contribution in [0.5, 0.6) is 11.5 Å². The van der Waals surface area contributed by atoms with Crippen molar-refractivity contribution in [2.24, 2.45) is 0 Å². The van der Waals surface area contributed by atoms with Crippen LogP contribution >= 0.6 is 0 Å². The molecule has 3 aromatic rings. The Morgan fingerprint density at radius 2 is 1.71 bits per heavy atom. The SMILES string of the molecule is COc1ccc(C(=O)COC(=O)c2cc(=O)c3cc(C)ccc3o2)cc1OC. The average Bonchev–Trinajstić information content (AvgIpc) is 2.71. The van der Waals surface area contributed by atoms with Crippen LogP contribution in [0.3, 0.4) is 0 Å². The zero-order valence-corrected chi connectivity index (χ0v) is 15.6. The number of aryl methyl sites for hydroxylation is 1. The number of hydrogen-bond donors (Lipinski definition) is 0. The van der Waals surface area contributed by atoms with Gasteiger partial charge >= 0.3 is 5.97 Å². The van der Waals surface area contributed by atoms with E-state index in [9.17, 15) is 14.4 Å². The lowest BCUT2D eigenvalue weighted by Crippen LogP contribution is -2.16. The number of ether oxygens (including phenoxy) is 3. The van der Waals surface area contributed by atoms with E-state index in [0.717, 1.165) is 11.6 Å². The van der Waals surface area contributed by atoms with Gasteiger partial charge in [-0.1, -0.05) is 11.6 Å². The molecule has 28 heavy (non-hydrogen) atoms. The third-order valence-corrected chi connectivity index (χ3v) is 4.12. The fourth-order valence-electron chi connectivity index (χ4n) is 2.67. The molecular formula is C21H18O7. The van der Waals surface area contributed by atoms with E-state index in [1.54, 1.807) is 24.3 Å². The number of benzene rings is 2. The van der Waals surface area contributed by atoms with Gasteiger partial charge < -0.3 is 18.6 Å². The Morgan fingerprint density at radius 1 is 0.964 bits per heavy atom. The smallest absolute Gasteiger partial charge is 0.374 e. The largest absolute Gasteiger partial charge is 0.493 e. The van der Waals surface area contributed by atoms with E-state index in [1.165, 1.54) is 26.4 Å². The molecule has 0 fully saturated rings. The van der Waals surface area contributed by atoms with Gasteiger partial charge in [-0.15, -0.1) is 0 Å². The first-order chi connectivity index (χ1) is 13.4. The molecule has 0 N–H and O–H groups in total. The standard InChI is InChI=1S/C21H18O7/c1-12-4-6-17-14(8-12)15(22)10-20(28-17)21(24)27-11-16(23)13-5-7-18(25-2)19(9-13)26-3/h4-10H,11H2,1-3H3. The van der Waals surface area contributed by atoms with Crippen LogP contribution in [0.2, 0.25) is 0 Å². The highest BCUT2D eigenvalue weighted by molar-refractivity contribution is 5.99. The number of Topliss-reactive ketones (excluding diaryl/α,β-unsaturated/α-hetero) is 1. The van der Waals surface area contributed by atoms with Gasteiger partial charge in [0.2, 0.25) is 5.76 Å². The van der Waals surface area contributed by atoms with E-state index in [0.29, 0.717) is 22.4 Å². The fraction of sp³-hybridized carbons (Fsp3) is 0.190. The highest BCUT2D eigenvalue weighted by Gasteiger charge is 2.17. The molecule has 0 saturated heterocycles. The van der Waals surface area contributed by atoms with Gasteiger partial charge in [-0.25, -0.2) is 4.79 Å². The molecule has 2 aromatic carbocycles. The number of carbonyl (C=O) groups is 2. The van der Waals surface area contributed by atoms with E-state index in [4.69, 9.17) is 18.6 Å². The van der Waals surface area contributed by atoms with Gasteiger partial charge in [0, 0.05) is 11.6 Å². The van der Waals surface area contributed by atoms with Crippen LogP contribution in [-0.2, 0) is 4.74 Å². The van der Waals surface area contributed by atoms with Crippen LogP contribution in [0.25, 0.3) is 11.0 Å². The predicted octanol–water partition coefficient (Wildman–Crippen LogP) is 3.16. The van der Waals surface area contributed by atoms with E-state index in [-0.39, 0.29) is 16.8 Å². The third kappa shape index (κ3) is 3.88. The Hall–Kier alpha value is -3.61. The van der Waals surface area contributed by atoms with Gasteiger partial charge in [-0.2, -0.15) is 0 Å². The van der Waals surface area contributed by atoms with Crippen molar-refractivity contribution in [1.82, 2.24) is 0 Å². The van der Waals surface area contributed by atoms with Crippen LogP contribution in [0.4, 0.5) is 0 Å². The highest BCUT2D eigenvalue weighted by atomic mass is 16.5. The van der Waals surface area contributed by atoms with Crippen molar-refractivity contribution in [3.63, 3.8) is 0 Å². The quantitative estimate of drug-likeness (QED) is 0.478. The molecule has 0 radical (unpaired) electrons. The molecule has 7 nitrogen and oxygen atoms in total. The van der Waals surface area contributed by atoms with E-state index >= 15 is 0 Å². The minimum absolute atomic E-state index is 0.263.